The van der Waals surface area contributed by atoms with Crippen molar-refractivity contribution in [1.82, 2.24) is 20.4 Å². The zero-order chi connectivity index (χ0) is 23.7. The number of hydrogen-bond donors (Lipinski definition) is 2. The topological polar surface area (TPSA) is 77.8 Å². The minimum absolute atomic E-state index is 0.0582. The Morgan fingerprint density at radius 3 is 2.79 bits per heavy atom. The molecule has 2 bridgehead atoms. The van der Waals surface area contributed by atoms with Crippen LogP contribution in [0.15, 0.2) is 63.9 Å². The van der Waals surface area contributed by atoms with Gasteiger partial charge in [-0.25, -0.2) is 0 Å². The summed E-state index contributed by atoms with van der Waals surface area (Å²) >= 11 is 0. The molecule has 7 rings (SSSR count). The van der Waals surface area contributed by atoms with E-state index in [1.54, 1.807) is 18.0 Å². The second-order valence-corrected chi connectivity index (χ2v) is 10.2. The highest BCUT2D eigenvalue weighted by atomic mass is 16.3. The normalized spacial score (nSPS) is 26.0. The van der Waals surface area contributed by atoms with Crippen LogP contribution in [0.2, 0.25) is 0 Å². The summed E-state index contributed by atoms with van der Waals surface area (Å²) < 4.78 is 6.00. The molecule has 5 aliphatic rings. The second kappa shape index (κ2) is 7.34. The molecule has 1 spiro atoms. The number of allylic oxidation sites excluding steroid dienone is 1. The van der Waals surface area contributed by atoms with Gasteiger partial charge in [0, 0.05) is 42.4 Å². The van der Waals surface area contributed by atoms with Gasteiger partial charge in [-0.15, -0.1) is 0 Å². The van der Waals surface area contributed by atoms with Crippen LogP contribution in [0.25, 0.3) is 11.0 Å². The molecule has 34 heavy (non-hydrogen) atoms. The molecule has 1 saturated carbocycles. The van der Waals surface area contributed by atoms with Crippen molar-refractivity contribution in [3.05, 3.63) is 70.8 Å². The Morgan fingerprint density at radius 1 is 1.26 bits per heavy atom. The van der Waals surface area contributed by atoms with Crippen molar-refractivity contribution in [2.45, 2.75) is 57.3 Å². The molecule has 4 aliphatic heterocycles. The van der Waals surface area contributed by atoms with Crippen molar-refractivity contribution in [3.8, 4) is 0 Å². The summed E-state index contributed by atoms with van der Waals surface area (Å²) in [5.41, 5.74) is 3.74. The number of para-hydroxylation sites is 1. The molecule has 176 valence electrons. The van der Waals surface area contributed by atoms with E-state index in [2.05, 4.69) is 16.7 Å². The molecular formula is C27H30N4O3. The molecule has 1 unspecified atom stereocenters. The van der Waals surface area contributed by atoms with Gasteiger partial charge in [-0.2, -0.15) is 0 Å². The predicted octanol–water partition coefficient (Wildman–Crippen LogP) is 3.47. The fourth-order valence-corrected chi connectivity index (χ4v) is 5.79. The lowest BCUT2D eigenvalue weighted by Gasteiger charge is -2.52. The van der Waals surface area contributed by atoms with E-state index in [0.29, 0.717) is 13.1 Å². The van der Waals surface area contributed by atoms with Crippen LogP contribution in [0.5, 0.6) is 0 Å². The van der Waals surface area contributed by atoms with Crippen LogP contribution in [0.4, 0.5) is 0 Å². The van der Waals surface area contributed by atoms with Gasteiger partial charge in [0.05, 0.1) is 17.8 Å². The molecule has 2 fully saturated rings. The van der Waals surface area contributed by atoms with Crippen molar-refractivity contribution in [2.24, 2.45) is 0 Å². The average molecular weight is 459 g/mol. The molecule has 1 saturated heterocycles. The first-order valence-electron chi connectivity index (χ1n) is 12.0. The number of nitrogens with zero attached hydrogens (tertiary/aromatic N) is 2. The number of benzene rings is 1. The third-order valence-electron chi connectivity index (χ3n) is 8.09. The predicted molar refractivity (Wildman–Crippen MR) is 129 cm³/mol. The maximum Gasteiger partial charge on any atom is 0.248 e. The number of fused-ring (bicyclic) bond motifs is 1. The van der Waals surface area contributed by atoms with Gasteiger partial charge >= 0.3 is 0 Å². The van der Waals surface area contributed by atoms with Crippen LogP contribution >= 0.6 is 0 Å². The highest BCUT2D eigenvalue weighted by Gasteiger charge is 2.53. The lowest BCUT2D eigenvalue weighted by Crippen LogP contribution is -2.64. The number of nitrogens with one attached hydrogen (secondary N) is 2. The average Bonchev–Trinajstić information content (AvgIpc) is 3.39. The largest absolute Gasteiger partial charge is 0.459 e. The van der Waals surface area contributed by atoms with E-state index in [9.17, 15) is 9.59 Å². The van der Waals surface area contributed by atoms with Crippen LogP contribution in [0, 0.1) is 6.92 Å². The Balaban J connectivity index is 1.23. The molecule has 1 atom stereocenters. The minimum atomic E-state index is -0.669. The molecule has 1 aromatic carbocycles. The highest BCUT2D eigenvalue weighted by molar-refractivity contribution is 5.91. The SMILES string of the molecule is Cc1c(CN(C)C(=O)/C=C2/C3=CN2C2(C)NC(=O)C4(CCCC4)NCC2=C3)oc2ccccc12. The third-order valence-corrected chi connectivity index (χ3v) is 8.09. The van der Waals surface area contributed by atoms with E-state index in [-0.39, 0.29) is 11.8 Å². The first-order valence-corrected chi connectivity index (χ1v) is 12.0. The smallest absolute Gasteiger partial charge is 0.248 e. The molecular weight excluding hydrogens is 428 g/mol. The van der Waals surface area contributed by atoms with Gasteiger partial charge in [0.15, 0.2) is 0 Å². The molecule has 2 amide bonds. The first kappa shape index (κ1) is 21.2. The maximum absolute atomic E-state index is 13.3. The Kier molecular flexibility index (Phi) is 4.58. The zero-order valence-corrected chi connectivity index (χ0v) is 19.9. The lowest BCUT2D eigenvalue weighted by molar-refractivity contribution is -0.129. The minimum Gasteiger partial charge on any atom is -0.459 e. The van der Waals surface area contributed by atoms with Gasteiger partial charge in [-0.05, 0) is 44.4 Å². The van der Waals surface area contributed by atoms with Gasteiger partial charge in [0.25, 0.3) is 0 Å². The third kappa shape index (κ3) is 2.99. The van der Waals surface area contributed by atoms with Gasteiger partial charge in [-0.3, -0.25) is 14.9 Å². The fourth-order valence-electron chi connectivity index (χ4n) is 5.79. The van der Waals surface area contributed by atoms with Crippen LogP contribution in [0.1, 0.15) is 43.9 Å². The summed E-state index contributed by atoms with van der Waals surface area (Å²) in [5.74, 6) is 0.751. The number of amides is 2. The van der Waals surface area contributed by atoms with E-state index < -0.39 is 11.2 Å². The molecule has 7 heteroatoms. The van der Waals surface area contributed by atoms with Crippen LogP contribution in [0.3, 0.4) is 0 Å². The molecule has 0 radical (unpaired) electrons. The first-order chi connectivity index (χ1) is 16.3. The van der Waals surface area contributed by atoms with Gasteiger partial charge in [-0.1, -0.05) is 31.0 Å². The van der Waals surface area contributed by atoms with Gasteiger partial charge in [0.1, 0.15) is 17.0 Å². The van der Waals surface area contributed by atoms with Crippen LogP contribution in [-0.4, -0.2) is 46.4 Å². The van der Waals surface area contributed by atoms with E-state index in [0.717, 1.165) is 64.8 Å². The fraction of sp³-hybridized carbons (Fsp3) is 0.407. The van der Waals surface area contributed by atoms with E-state index in [1.165, 1.54) is 0 Å². The van der Waals surface area contributed by atoms with E-state index in [4.69, 9.17) is 4.42 Å². The summed E-state index contributed by atoms with van der Waals surface area (Å²) in [5, 5.41) is 7.93. The summed E-state index contributed by atoms with van der Waals surface area (Å²) in [6, 6.07) is 7.92. The van der Waals surface area contributed by atoms with E-state index in [1.807, 2.05) is 49.2 Å². The summed E-state index contributed by atoms with van der Waals surface area (Å²) in [6.45, 7) is 5.11. The Morgan fingerprint density at radius 2 is 2.03 bits per heavy atom. The number of furan rings is 1. The van der Waals surface area contributed by atoms with Crippen LogP contribution < -0.4 is 10.6 Å². The summed E-state index contributed by atoms with van der Waals surface area (Å²) in [4.78, 5) is 30.1. The monoisotopic (exact) mass is 458 g/mol. The molecule has 7 nitrogen and oxygen atoms in total. The standard InChI is InChI=1S/C27H30N4O3/c1-17-20-8-4-5-9-22(20)34-23(17)16-30(3)24(32)13-21-18-12-19-14-28-27(10-6-7-11-27)25(33)29-26(19,2)31(21)15-18/h4-5,8-9,12-13,15,28H,6-7,10-11,14,16H2,1-3H3,(H,29,33)/b21-13-. The molecule has 2 N–H and O–H groups in total. The molecule has 5 heterocycles. The number of hydrogen-bond acceptors (Lipinski definition) is 5. The second-order valence-electron chi connectivity index (χ2n) is 10.2. The van der Waals surface area contributed by atoms with Gasteiger partial charge in [0.2, 0.25) is 11.8 Å². The molecule has 2 aromatic rings. The number of likely N-dealkylation sites (N-methyl/N-ethyl adjacent to an activating group) is 1. The number of aryl methyl sites for hydroxylation is 1. The molecule has 1 aromatic heterocycles. The van der Waals surface area contributed by atoms with Crippen molar-refractivity contribution in [3.63, 3.8) is 0 Å². The van der Waals surface area contributed by atoms with Crippen molar-refractivity contribution in [1.29, 1.82) is 0 Å². The zero-order valence-electron chi connectivity index (χ0n) is 19.9. The Labute approximate surface area is 199 Å². The Bertz CT molecular complexity index is 1310. The number of rotatable bonds is 3. The maximum atomic E-state index is 13.3. The van der Waals surface area contributed by atoms with Crippen LogP contribution in [-0.2, 0) is 16.1 Å². The van der Waals surface area contributed by atoms with Crippen molar-refractivity contribution >= 4 is 22.8 Å². The highest BCUT2D eigenvalue weighted by Crippen LogP contribution is 2.45. The van der Waals surface area contributed by atoms with Gasteiger partial charge < -0.3 is 19.5 Å². The number of carbonyl (C=O) groups excluding carboxylic acids is 2. The summed E-state index contributed by atoms with van der Waals surface area (Å²) in [7, 11) is 1.79. The van der Waals surface area contributed by atoms with Crippen molar-refractivity contribution < 1.29 is 14.0 Å². The number of carbonyl (C=O) groups is 2. The quantitative estimate of drug-likeness (QED) is 0.689. The Hall–Kier alpha value is -3.32. The molecule has 1 aliphatic carbocycles. The lowest BCUT2D eigenvalue weighted by atomic mass is 9.85. The summed E-state index contributed by atoms with van der Waals surface area (Å²) in [6.07, 6.45) is 9.68. The van der Waals surface area contributed by atoms with E-state index >= 15 is 0 Å². The van der Waals surface area contributed by atoms with Crippen molar-refractivity contribution in [2.75, 3.05) is 13.6 Å².